The number of imidazole rings is 1. The fourth-order valence-electron chi connectivity index (χ4n) is 2.79. The monoisotopic (exact) mass is 415 g/mol. The topological polar surface area (TPSA) is 172 Å². The molecule has 0 spiro atoms. The number of nitrogens with zero attached hydrogens (tertiary/aromatic N) is 4. The van der Waals surface area contributed by atoms with Gasteiger partial charge in [0.25, 0.3) is 0 Å². The Kier molecular flexibility index (Phi) is 6.10. The van der Waals surface area contributed by atoms with Crippen LogP contribution in [0.15, 0.2) is 24.3 Å². The number of nitrogens with one attached hydrogen (secondary N) is 1. The molecule has 5 N–H and O–H groups in total. The summed E-state index contributed by atoms with van der Waals surface area (Å²) in [6.07, 6.45) is -0.286. The van der Waals surface area contributed by atoms with Gasteiger partial charge < -0.3 is 30.1 Å². The molecule has 12 nitrogen and oxygen atoms in total. The number of ether oxygens (including phenoxy) is 1. The number of anilines is 1. The maximum Gasteiger partial charge on any atom is 0.469 e. The van der Waals surface area contributed by atoms with Crippen LogP contribution in [0, 0.1) is 0 Å². The summed E-state index contributed by atoms with van der Waals surface area (Å²) in [6.45, 7) is 3.91. The fourth-order valence-corrected chi connectivity index (χ4v) is 3.13. The number of aromatic nitrogens is 4. The van der Waals surface area contributed by atoms with Crippen molar-refractivity contribution in [2.75, 3.05) is 18.5 Å². The molecule has 0 amide bonds. The van der Waals surface area contributed by atoms with E-state index in [9.17, 15) is 14.8 Å². The lowest BCUT2D eigenvalue weighted by Crippen LogP contribution is -2.33. The van der Waals surface area contributed by atoms with Gasteiger partial charge in [0.1, 0.15) is 24.6 Å². The van der Waals surface area contributed by atoms with E-state index >= 15 is 0 Å². The molecule has 1 aliphatic rings. The highest BCUT2D eigenvalue weighted by Crippen LogP contribution is 2.38. The van der Waals surface area contributed by atoms with Crippen LogP contribution >= 0.6 is 7.82 Å². The molecule has 0 aliphatic carbocycles. The van der Waals surface area contributed by atoms with Crippen molar-refractivity contribution in [1.29, 1.82) is 0 Å². The van der Waals surface area contributed by atoms with Crippen LogP contribution in [0.1, 0.15) is 20.1 Å². The van der Waals surface area contributed by atoms with Crippen molar-refractivity contribution in [1.82, 2.24) is 19.5 Å². The van der Waals surface area contributed by atoms with E-state index in [1.807, 2.05) is 19.9 Å². The van der Waals surface area contributed by atoms with E-state index in [-0.39, 0.29) is 0 Å². The second kappa shape index (κ2) is 8.21. The quantitative estimate of drug-likeness (QED) is 0.303. The van der Waals surface area contributed by atoms with Crippen molar-refractivity contribution < 1.29 is 33.8 Å². The van der Waals surface area contributed by atoms with E-state index in [1.54, 1.807) is 0 Å². The molecule has 2 aromatic heterocycles. The van der Waals surface area contributed by atoms with Crippen LogP contribution < -0.4 is 5.32 Å². The summed E-state index contributed by atoms with van der Waals surface area (Å²) in [4.78, 5) is 30.2. The van der Waals surface area contributed by atoms with Crippen LogP contribution in [-0.4, -0.2) is 71.0 Å². The van der Waals surface area contributed by atoms with Gasteiger partial charge in [0.15, 0.2) is 23.2 Å². The lowest BCUT2D eigenvalue weighted by atomic mass is 10.1. The minimum Gasteiger partial charge on any atom is -0.387 e. The summed E-state index contributed by atoms with van der Waals surface area (Å²) in [5, 5.41) is 23.6. The van der Waals surface area contributed by atoms with Gasteiger partial charge in [-0.1, -0.05) is 11.6 Å². The van der Waals surface area contributed by atoms with Gasteiger partial charge in [0.2, 0.25) is 0 Å². The first kappa shape index (κ1) is 20.8. The zero-order valence-corrected chi connectivity index (χ0v) is 16.1. The summed E-state index contributed by atoms with van der Waals surface area (Å²) in [5.41, 5.74) is 1.95. The molecule has 28 heavy (non-hydrogen) atoms. The maximum absolute atomic E-state index is 10.9. The van der Waals surface area contributed by atoms with Crippen LogP contribution in [-0.2, 0) is 13.8 Å². The third kappa shape index (κ3) is 4.55. The number of aliphatic hydroxyl groups is 2. The Hall–Kier alpha value is -1.92. The second-order valence-electron chi connectivity index (χ2n) is 6.54. The van der Waals surface area contributed by atoms with Crippen molar-refractivity contribution in [2.45, 2.75) is 38.4 Å². The van der Waals surface area contributed by atoms with Crippen molar-refractivity contribution in [3.05, 3.63) is 24.3 Å². The molecule has 1 saturated heterocycles. The Morgan fingerprint density at radius 2 is 2.07 bits per heavy atom. The number of phosphoric acid groups is 1. The van der Waals surface area contributed by atoms with Crippen LogP contribution in [0.3, 0.4) is 0 Å². The second-order valence-corrected chi connectivity index (χ2v) is 7.78. The molecular weight excluding hydrogens is 393 g/mol. The number of phosphoric ester groups is 1. The van der Waals surface area contributed by atoms with E-state index in [0.29, 0.717) is 23.5 Å². The molecule has 0 unspecified atom stereocenters. The Balaban J connectivity index is 1.81. The zero-order valence-electron chi connectivity index (χ0n) is 15.2. The van der Waals surface area contributed by atoms with Crippen LogP contribution in [0.2, 0.25) is 0 Å². The van der Waals surface area contributed by atoms with Crippen LogP contribution in [0.25, 0.3) is 11.2 Å². The fraction of sp³-hybridized carbons (Fsp3) is 0.533. The van der Waals surface area contributed by atoms with Gasteiger partial charge in [-0.2, -0.15) is 0 Å². The van der Waals surface area contributed by atoms with Crippen LogP contribution in [0.5, 0.6) is 0 Å². The Morgan fingerprint density at radius 3 is 2.75 bits per heavy atom. The smallest absolute Gasteiger partial charge is 0.387 e. The van der Waals surface area contributed by atoms with Crippen LogP contribution in [0.4, 0.5) is 5.82 Å². The highest BCUT2D eigenvalue weighted by atomic mass is 31.2. The molecule has 1 fully saturated rings. The molecule has 13 heteroatoms. The summed E-state index contributed by atoms with van der Waals surface area (Å²) in [5.74, 6) is 0.496. The van der Waals surface area contributed by atoms with E-state index in [4.69, 9.17) is 14.5 Å². The molecule has 3 rings (SSSR count). The third-order valence-electron chi connectivity index (χ3n) is 4.16. The van der Waals surface area contributed by atoms with Crippen molar-refractivity contribution in [2.24, 2.45) is 0 Å². The van der Waals surface area contributed by atoms with Gasteiger partial charge in [-0.3, -0.25) is 9.09 Å². The molecule has 4 atom stereocenters. The average molecular weight is 415 g/mol. The molecule has 0 aromatic carbocycles. The summed E-state index contributed by atoms with van der Waals surface area (Å²) < 4.78 is 22.2. The molecule has 154 valence electrons. The summed E-state index contributed by atoms with van der Waals surface area (Å²) in [6, 6.07) is 0. The predicted molar refractivity (Wildman–Crippen MR) is 97.2 cm³/mol. The minimum atomic E-state index is -4.73. The normalized spacial score (nSPS) is 25.2. The first-order valence-corrected chi connectivity index (χ1v) is 9.97. The average Bonchev–Trinajstić information content (AvgIpc) is 3.15. The van der Waals surface area contributed by atoms with Gasteiger partial charge in [-0.25, -0.2) is 19.5 Å². The highest BCUT2D eigenvalue weighted by molar-refractivity contribution is 7.46. The molecule has 3 heterocycles. The molecule has 0 saturated carbocycles. The lowest BCUT2D eigenvalue weighted by Gasteiger charge is -2.16. The third-order valence-corrected chi connectivity index (χ3v) is 4.64. The van der Waals surface area contributed by atoms with Crippen molar-refractivity contribution in [3.63, 3.8) is 0 Å². The standard InChI is InChI=1S/C15H22N5O7P/c1-8(2)3-4-16-13-10-14(18-6-17-13)20(7-19-10)15-12(22)11(21)9(27-15)5-26-28(23,24)25/h3,6-7,9,11-12,15,21-22H,4-5H2,1-2H3,(H,16,17,18)(H2,23,24,25)/t9-,11+,12-,15-/m0/s1. The highest BCUT2D eigenvalue weighted by Gasteiger charge is 2.45. The van der Waals surface area contributed by atoms with Gasteiger partial charge >= 0.3 is 7.82 Å². The number of fused-ring (bicyclic) bond motifs is 1. The largest absolute Gasteiger partial charge is 0.469 e. The maximum atomic E-state index is 10.9. The zero-order chi connectivity index (χ0) is 20.5. The van der Waals surface area contributed by atoms with E-state index in [1.165, 1.54) is 17.2 Å². The van der Waals surface area contributed by atoms with Gasteiger partial charge in [-0.05, 0) is 13.8 Å². The number of hydrogen-bond donors (Lipinski definition) is 5. The molecule has 0 radical (unpaired) electrons. The van der Waals surface area contributed by atoms with Gasteiger partial charge in [-0.15, -0.1) is 0 Å². The van der Waals surface area contributed by atoms with Gasteiger partial charge in [0.05, 0.1) is 12.9 Å². The summed E-state index contributed by atoms with van der Waals surface area (Å²) in [7, 11) is -4.73. The van der Waals surface area contributed by atoms with E-state index in [2.05, 4.69) is 24.8 Å². The first-order chi connectivity index (χ1) is 13.2. The molecule has 1 aliphatic heterocycles. The first-order valence-electron chi connectivity index (χ1n) is 8.44. The number of aliphatic hydroxyl groups excluding tert-OH is 2. The van der Waals surface area contributed by atoms with Crippen molar-refractivity contribution in [3.8, 4) is 0 Å². The number of allylic oxidation sites excluding steroid dienone is 1. The predicted octanol–water partition coefficient (Wildman–Crippen LogP) is -0.0671. The molecular formula is C15H22N5O7P. The van der Waals surface area contributed by atoms with E-state index in [0.717, 1.165) is 5.57 Å². The van der Waals surface area contributed by atoms with Crippen molar-refractivity contribution >= 4 is 24.8 Å². The minimum absolute atomic E-state index is 0.363. The summed E-state index contributed by atoms with van der Waals surface area (Å²) >= 11 is 0. The molecule has 0 bridgehead atoms. The Labute approximate surface area is 160 Å². The molecule has 2 aromatic rings. The number of rotatable bonds is 7. The van der Waals surface area contributed by atoms with E-state index < -0.39 is 39.0 Å². The Morgan fingerprint density at radius 1 is 1.32 bits per heavy atom. The Bertz CT molecular complexity index is 909. The van der Waals surface area contributed by atoms with Gasteiger partial charge in [0, 0.05) is 6.54 Å². The SMILES string of the molecule is CC(C)=CCNc1ncnc2c1ncn2[C@H]1O[C@@H](COP(=O)(O)O)[C@@H](O)[C@@H]1O. The lowest BCUT2D eigenvalue weighted by molar-refractivity contribution is -0.0504. The number of hydrogen-bond acceptors (Lipinski definition) is 9.